The topological polar surface area (TPSA) is 106 Å². The summed E-state index contributed by atoms with van der Waals surface area (Å²) in [6, 6.07) is 22.9. The molecule has 1 aliphatic heterocycles. The van der Waals surface area contributed by atoms with Crippen LogP contribution < -0.4 is 10.1 Å². The average molecular weight is 569 g/mol. The van der Waals surface area contributed by atoms with Gasteiger partial charge in [0.1, 0.15) is 5.75 Å². The number of hydrogen-bond acceptors (Lipinski definition) is 6. The van der Waals surface area contributed by atoms with E-state index in [1.807, 2.05) is 30.3 Å². The summed E-state index contributed by atoms with van der Waals surface area (Å²) in [5.41, 5.74) is 5.00. The third kappa shape index (κ3) is 9.34. The van der Waals surface area contributed by atoms with Gasteiger partial charge in [-0.2, -0.15) is 18.4 Å². The maximum absolute atomic E-state index is 12.5. The van der Waals surface area contributed by atoms with Crippen LogP contribution in [-0.2, 0) is 11.3 Å². The van der Waals surface area contributed by atoms with E-state index in [0.29, 0.717) is 16.8 Å². The van der Waals surface area contributed by atoms with Gasteiger partial charge in [0, 0.05) is 36.4 Å². The molecule has 41 heavy (non-hydrogen) atoms. The molecule has 4 rings (SSSR count). The first-order chi connectivity index (χ1) is 19.5. The van der Waals surface area contributed by atoms with Gasteiger partial charge in [-0.3, -0.25) is 9.69 Å². The molecule has 1 amide bonds. The van der Waals surface area contributed by atoms with E-state index in [9.17, 15) is 18.0 Å². The third-order valence-electron chi connectivity index (χ3n) is 6.46. The molecule has 0 aromatic heterocycles. The van der Waals surface area contributed by atoms with Crippen molar-refractivity contribution < 1.29 is 32.6 Å². The first kappa shape index (κ1) is 31.1. The number of methoxy groups -OCH3 is 1. The fourth-order valence-electron chi connectivity index (χ4n) is 4.26. The number of aliphatic carboxylic acids is 1. The summed E-state index contributed by atoms with van der Waals surface area (Å²) in [7, 11) is 3.90. The summed E-state index contributed by atoms with van der Waals surface area (Å²) in [5.74, 6) is -2.09. The van der Waals surface area contributed by atoms with Gasteiger partial charge in [-0.05, 0) is 80.1 Å². The largest absolute Gasteiger partial charge is 0.496 e. The molecule has 11 heteroatoms. The number of carbonyl (C=O) groups excluding carboxylic acids is 1. The minimum atomic E-state index is -5.08. The molecule has 1 heterocycles. The molecule has 0 unspecified atom stereocenters. The molecule has 0 radical (unpaired) electrons. The number of nitrogens with zero attached hydrogens (tertiary/aromatic N) is 3. The van der Waals surface area contributed by atoms with Crippen LogP contribution in [0.1, 0.15) is 27.9 Å². The zero-order valence-electron chi connectivity index (χ0n) is 22.7. The minimum Gasteiger partial charge on any atom is -0.496 e. The molecule has 2 N–H and O–H groups in total. The number of benzene rings is 3. The van der Waals surface area contributed by atoms with E-state index < -0.39 is 12.1 Å². The predicted octanol–water partition coefficient (Wildman–Crippen LogP) is 5.26. The molecule has 216 valence electrons. The normalized spacial score (nSPS) is 14.1. The van der Waals surface area contributed by atoms with Gasteiger partial charge in [-0.25, -0.2) is 4.79 Å². The maximum Gasteiger partial charge on any atom is 0.490 e. The zero-order valence-corrected chi connectivity index (χ0v) is 22.7. The highest BCUT2D eigenvalue weighted by Crippen LogP contribution is 2.29. The summed E-state index contributed by atoms with van der Waals surface area (Å²) >= 11 is 0. The Morgan fingerprint density at radius 3 is 2.32 bits per heavy atom. The smallest absolute Gasteiger partial charge is 0.490 e. The van der Waals surface area contributed by atoms with Crippen molar-refractivity contribution in [3.63, 3.8) is 0 Å². The first-order valence-corrected chi connectivity index (χ1v) is 12.8. The van der Waals surface area contributed by atoms with Crippen molar-refractivity contribution in [2.75, 3.05) is 45.7 Å². The number of nitrogens with one attached hydrogen (secondary N) is 1. The van der Waals surface area contributed by atoms with E-state index in [0.717, 1.165) is 49.6 Å². The standard InChI is InChI=1S/C28H30N4O2.C2HF3O2/c1-31-13-4-14-32(16-15-31)20-25-18-23(9-12-27(25)34-2)22-7-10-26(11-8-22)30-28(33)24-6-3-5-21(17-24)19-29;3-2(4,5)1(6)7/h3,5-12,17-18H,4,13-16,20H2,1-2H3,(H,30,33);(H,6,7). The van der Waals surface area contributed by atoms with Gasteiger partial charge in [-0.1, -0.05) is 24.3 Å². The van der Waals surface area contributed by atoms with Gasteiger partial charge < -0.3 is 20.1 Å². The van der Waals surface area contributed by atoms with Crippen LogP contribution in [-0.4, -0.2) is 73.3 Å². The van der Waals surface area contributed by atoms with Crippen molar-refractivity contribution in [1.29, 1.82) is 5.26 Å². The van der Waals surface area contributed by atoms with E-state index in [1.54, 1.807) is 31.4 Å². The molecular weight excluding hydrogens is 537 g/mol. The molecule has 1 saturated heterocycles. The summed E-state index contributed by atoms with van der Waals surface area (Å²) in [4.78, 5) is 26.3. The predicted molar refractivity (Wildman–Crippen MR) is 149 cm³/mol. The summed E-state index contributed by atoms with van der Waals surface area (Å²) in [5, 5.41) is 19.1. The van der Waals surface area contributed by atoms with Crippen LogP contribution in [0.4, 0.5) is 18.9 Å². The highest BCUT2D eigenvalue weighted by Gasteiger charge is 2.38. The number of amides is 1. The number of alkyl halides is 3. The maximum atomic E-state index is 12.5. The van der Waals surface area contributed by atoms with E-state index in [2.05, 4.69) is 40.4 Å². The van der Waals surface area contributed by atoms with Crippen molar-refractivity contribution in [2.45, 2.75) is 19.1 Å². The van der Waals surface area contributed by atoms with E-state index >= 15 is 0 Å². The van der Waals surface area contributed by atoms with Crippen LogP contribution in [0.25, 0.3) is 11.1 Å². The van der Waals surface area contributed by atoms with Gasteiger partial charge >= 0.3 is 12.1 Å². The van der Waals surface area contributed by atoms with Gasteiger partial charge in [0.15, 0.2) is 0 Å². The third-order valence-corrected chi connectivity index (χ3v) is 6.46. The van der Waals surface area contributed by atoms with Crippen LogP contribution in [0.5, 0.6) is 5.75 Å². The SMILES string of the molecule is COc1ccc(-c2ccc(NC(=O)c3cccc(C#N)c3)cc2)cc1CN1CCCN(C)CC1.O=C(O)C(F)(F)F. The number of anilines is 1. The molecule has 0 atom stereocenters. The number of ether oxygens (including phenoxy) is 1. The molecule has 3 aromatic carbocycles. The van der Waals surface area contributed by atoms with Gasteiger partial charge in [0.05, 0.1) is 18.7 Å². The second kappa shape index (κ2) is 14.3. The highest BCUT2D eigenvalue weighted by molar-refractivity contribution is 6.04. The van der Waals surface area contributed by atoms with Crippen molar-refractivity contribution in [2.24, 2.45) is 0 Å². The average Bonchev–Trinajstić information content (AvgIpc) is 3.16. The number of carboxylic acids is 1. The van der Waals surface area contributed by atoms with E-state index in [1.165, 1.54) is 12.0 Å². The summed E-state index contributed by atoms with van der Waals surface area (Å²) in [6.07, 6.45) is -3.91. The monoisotopic (exact) mass is 568 g/mol. The lowest BCUT2D eigenvalue weighted by Crippen LogP contribution is -2.28. The Labute approximate surface area is 236 Å². The molecule has 0 spiro atoms. The lowest BCUT2D eigenvalue weighted by atomic mass is 10.0. The number of hydrogen-bond donors (Lipinski definition) is 2. The highest BCUT2D eigenvalue weighted by atomic mass is 19.4. The molecule has 8 nitrogen and oxygen atoms in total. The Morgan fingerprint density at radius 1 is 1.00 bits per heavy atom. The molecule has 0 saturated carbocycles. The molecule has 1 fully saturated rings. The number of nitriles is 1. The van der Waals surface area contributed by atoms with Crippen molar-refractivity contribution >= 4 is 17.6 Å². The fraction of sp³-hybridized carbons (Fsp3) is 0.300. The lowest BCUT2D eigenvalue weighted by molar-refractivity contribution is -0.192. The van der Waals surface area contributed by atoms with Gasteiger partial charge in [0.2, 0.25) is 0 Å². The first-order valence-electron chi connectivity index (χ1n) is 12.8. The number of carboxylic acid groups (broad SMARTS) is 1. The summed E-state index contributed by atoms with van der Waals surface area (Å²) in [6.45, 7) is 5.22. The van der Waals surface area contributed by atoms with Crippen molar-refractivity contribution in [3.05, 3.63) is 83.4 Å². The number of rotatable bonds is 6. The molecule has 0 aliphatic carbocycles. The Kier molecular flexibility index (Phi) is 10.9. The Balaban J connectivity index is 0.000000587. The second-order valence-electron chi connectivity index (χ2n) is 9.49. The van der Waals surface area contributed by atoms with Crippen LogP contribution >= 0.6 is 0 Å². The number of likely N-dealkylation sites (N-methyl/N-ethyl adjacent to an activating group) is 1. The molecule has 1 aliphatic rings. The van der Waals surface area contributed by atoms with E-state index in [4.69, 9.17) is 19.9 Å². The summed E-state index contributed by atoms with van der Waals surface area (Å²) < 4.78 is 37.4. The number of carbonyl (C=O) groups is 2. The van der Waals surface area contributed by atoms with Crippen LogP contribution in [0, 0.1) is 11.3 Å². The van der Waals surface area contributed by atoms with Crippen LogP contribution in [0.3, 0.4) is 0 Å². The molecule has 3 aromatic rings. The van der Waals surface area contributed by atoms with Crippen molar-refractivity contribution in [1.82, 2.24) is 9.80 Å². The van der Waals surface area contributed by atoms with Crippen LogP contribution in [0.2, 0.25) is 0 Å². The number of halogens is 3. The second-order valence-corrected chi connectivity index (χ2v) is 9.49. The molecule has 0 bridgehead atoms. The van der Waals surface area contributed by atoms with E-state index in [-0.39, 0.29) is 5.91 Å². The Morgan fingerprint density at radius 2 is 1.68 bits per heavy atom. The fourth-order valence-corrected chi connectivity index (χ4v) is 4.26. The van der Waals surface area contributed by atoms with Gasteiger partial charge in [0.25, 0.3) is 5.91 Å². The zero-order chi connectivity index (χ0) is 30.0. The minimum absolute atomic E-state index is 0.236. The Hall–Kier alpha value is -4.40. The lowest BCUT2D eigenvalue weighted by Gasteiger charge is -2.22. The Bertz CT molecular complexity index is 1390. The van der Waals surface area contributed by atoms with Crippen LogP contribution in [0.15, 0.2) is 66.7 Å². The molecular formula is C30H31F3N4O4. The van der Waals surface area contributed by atoms with Crippen molar-refractivity contribution in [3.8, 4) is 22.9 Å². The quantitative estimate of drug-likeness (QED) is 0.418. The van der Waals surface area contributed by atoms with Gasteiger partial charge in [-0.15, -0.1) is 0 Å².